The molecule has 0 unspecified atom stereocenters. The van der Waals surface area contributed by atoms with Gasteiger partial charge in [0.15, 0.2) is 5.82 Å². The highest BCUT2D eigenvalue weighted by Crippen LogP contribution is 2.25. The number of carbonyl (C=O) groups is 2. The van der Waals surface area contributed by atoms with Crippen LogP contribution in [0, 0.1) is 0 Å². The Morgan fingerprint density at radius 2 is 1.70 bits per heavy atom. The molecule has 4 rings (SSSR count). The van der Waals surface area contributed by atoms with E-state index >= 15 is 0 Å². The maximum absolute atomic E-state index is 12.7. The summed E-state index contributed by atoms with van der Waals surface area (Å²) in [6.07, 6.45) is 0. The number of aromatic amines is 1. The maximum Gasteiger partial charge on any atom is 0.265 e. The summed E-state index contributed by atoms with van der Waals surface area (Å²) < 4.78 is 0. The third-order valence-electron chi connectivity index (χ3n) is 3.77. The molecule has 0 atom stereocenters. The summed E-state index contributed by atoms with van der Waals surface area (Å²) >= 11 is 2.92. The minimum absolute atomic E-state index is 0.245. The average molecular weight is 394 g/mol. The fourth-order valence-electron chi connectivity index (χ4n) is 2.51. The zero-order chi connectivity index (χ0) is 18.6. The van der Waals surface area contributed by atoms with Gasteiger partial charge in [0.25, 0.3) is 11.8 Å². The normalized spacial score (nSPS) is 10.5. The highest BCUT2D eigenvalue weighted by Gasteiger charge is 2.16. The lowest BCUT2D eigenvalue weighted by Crippen LogP contribution is -2.17. The van der Waals surface area contributed by atoms with Gasteiger partial charge in [0.05, 0.1) is 26.7 Å². The molecule has 27 heavy (non-hydrogen) atoms. The molecular weight excluding hydrogens is 380 g/mol. The monoisotopic (exact) mass is 394 g/mol. The van der Waals surface area contributed by atoms with E-state index < -0.39 is 0 Å². The van der Waals surface area contributed by atoms with Gasteiger partial charge in [-0.25, -0.2) is 0 Å². The van der Waals surface area contributed by atoms with E-state index in [0.29, 0.717) is 21.9 Å². The van der Waals surface area contributed by atoms with Crippen LogP contribution >= 0.6 is 22.7 Å². The first kappa shape index (κ1) is 17.2. The van der Waals surface area contributed by atoms with Crippen molar-refractivity contribution in [3.63, 3.8) is 0 Å². The molecule has 2 amide bonds. The molecule has 0 aliphatic carbocycles. The molecule has 0 fully saturated rings. The Bertz CT molecular complexity index is 1070. The molecule has 0 saturated carbocycles. The molecule has 3 N–H and O–H groups in total. The summed E-state index contributed by atoms with van der Waals surface area (Å²) in [5.41, 5.74) is 1.64. The number of anilines is 2. The van der Waals surface area contributed by atoms with Gasteiger partial charge in [-0.2, -0.15) is 5.10 Å². The van der Waals surface area contributed by atoms with E-state index in [-0.39, 0.29) is 11.8 Å². The van der Waals surface area contributed by atoms with Crippen molar-refractivity contribution in [2.24, 2.45) is 0 Å². The van der Waals surface area contributed by atoms with Gasteiger partial charge in [-0.15, -0.1) is 22.7 Å². The zero-order valence-electron chi connectivity index (χ0n) is 13.9. The Kier molecular flexibility index (Phi) is 4.82. The predicted molar refractivity (Wildman–Crippen MR) is 109 cm³/mol. The molecule has 0 aliphatic heterocycles. The van der Waals surface area contributed by atoms with E-state index in [1.807, 2.05) is 22.9 Å². The number of hydrogen-bond acceptors (Lipinski definition) is 5. The Morgan fingerprint density at radius 3 is 2.48 bits per heavy atom. The lowest BCUT2D eigenvalue weighted by Gasteiger charge is -2.09. The summed E-state index contributed by atoms with van der Waals surface area (Å²) in [5.74, 6) is -0.172. The number of amides is 2. The number of benzene rings is 1. The summed E-state index contributed by atoms with van der Waals surface area (Å²) in [5, 5.41) is 16.4. The molecule has 0 bridgehead atoms. The van der Waals surface area contributed by atoms with Crippen molar-refractivity contribution >= 4 is 46.0 Å². The third kappa shape index (κ3) is 3.81. The Labute approximate surface area is 162 Å². The SMILES string of the molecule is O=C(Nc1ccccc1C(=O)Nc1cc(-c2cccs2)[nH]n1)c1cccs1. The van der Waals surface area contributed by atoms with E-state index in [1.54, 1.807) is 53.8 Å². The maximum atomic E-state index is 12.7. The van der Waals surface area contributed by atoms with Crippen molar-refractivity contribution in [3.05, 3.63) is 75.8 Å². The molecule has 1 aromatic carbocycles. The van der Waals surface area contributed by atoms with E-state index in [4.69, 9.17) is 0 Å². The summed E-state index contributed by atoms with van der Waals surface area (Å²) in [7, 11) is 0. The molecule has 4 aromatic rings. The van der Waals surface area contributed by atoms with Gasteiger partial charge in [-0.3, -0.25) is 14.7 Å². The van der Waals surface area contributed by atoms with Gasteiger partial charge in [0, 0.05) is 6.07 Å². The van der Waals surface area contributed by atoms with Gasteiger partial charge in [0.2, 0.25) is 0 Å². The van der Waals surface area contributed by atoms with Crippen molar-refractivity contribution in [2.75, 3.05) is 10.6 Å². The molecule has 6 nitrogen and oxygen atoms in total. The molecule has 3 aromatic heterocycles. The predicted octanol–water partition coefficient (Wildman–Crippen LogP) is 4.70. The quantitative estimate of drug-likeness (QED) is 0.458. The van der Waals surface area contributed by atoms with Crippen LogP contribution in [-0.4, -0.2) is 22.0 Å². The third-order valence-corrected chi connectivity index (χ3v) is 5.54. The van der Waals surface area contributed by atoms with E-state index in [1.165, 1.54) is 11.3 Å². The van der Waals surface area contributed by atoms with Crippen LogP contribution in [0.5, 0.6) is 0 Å². The highest BCUT2D eigenvalue weighted by atomic mass is 32.1. The molecule has 8 heteroatoms. The van der Waals surface area contributed by atoms with Crippen molar-refractivity contribution in [1.82, 2.24) is 10.2 Å². The van der Waals surface area contributed by atoms with Gasteiger partial charge in [0.1, 0.15) is 0 Å². The molecule has 134 valence electrons. The number of nitrogens with zero attached hydrogens (tertiary/aromatic N) is 1. The van der Waals surface area contributed by atoms with Crippen LogP contribution in [0.3, 0.4) is 0 Å². The minimum Gasteiger partial charge on any atom is -0.321 e. The standard InChI is InChI=1S/C19H14N4O2S2/c24-18(21-17-11-14(22-23-17)15-7-3-9-26-15)12-5-1-2-6-13(12)20-19(25)16-8-4-10-27-16/h1-11H,(H,20,25)(H2,21,22,23,24). The molecule has 0 aliphatic rings. The first-order valence-electron chi connectivity index (χ1n) is 8.05. The number of para-hydroxylation sites is 1. The second-order valence-electron chi connectivity index (χ2n) is 5.58. The topological polar surface area (TPSA) is 86.9 Å². The fourth-order valence-corrected chi connectivity index (χ4v) is 3.82. The number of nitrogens with one attached hydrogen (secondary N) is 3. The Morgan fingerprint density at radius 1 is 0.889 bits per heavy atom. The first-order chi connectivity index (χ1) is 13.2. The van der Waals surface area contributed by atoms with Gasteiger partial charge < -0.3 is 10.6 Å². The molecule has 0 radical (unpaired) electrons. The fraction of sp³-hybridized carbons (Fsp3) is 0. The minimum atomic E-state index is -0.346. The number of carbonyl (C=O) groups excluding carboxylic acids is 2. The second-order valence-corrected chi connectivity index (χ2v) is 7.47. The summed E-state index contributed by atoms with van der Waals surface area (Å²) in [4.78, 5) is 26.6. The van der Waals surface area contributed by atoms with Gasteiger partial charge in [-0.1, -0.05) is 24.3 Å². The van der Waals surface area contributed by atoms with Crippen LogP contribution in [0.2, 0.25) is 0 Å². The largest absolute Gasteiger partial charge is 0.321 e. The van der Waals surface area contributed by atoms with Gasteiger partial charge in [-0.05, 0) is 35.0 Å². The van der Waals surface area contributed by atoms with Crippen molar-refractivity contribution in [1.29, 1.82) is 0 Å². The number of thiophene rings is 2. The van der Waals surface area contributed by atoms with Crippen molar-refractivity contribution in [2.45, 2.75) is 0 Å². The smallest absolute Gasteiger partial charge is 0.265 e. The second kappa shape index (κ2) is 7.56. The van der Waals surface area contributed by atoms with Gasteiger partial charge >= 0.3 is 0 Å². The Hall–Kier alpha value is -3.23. The molecule has 3 heterocycles. The van der Waals surface area contributed by atoms with Crippen LogP contribution in [0.25, 0.3) is 10.6 Å². The first-order valence-corrected chi connectivity index (χ1v) is 9.81. The van der Waals surface area contributed by atoms with Crippen LogP contribution < -0.4 is 10.6 Å². The van der Waals surface area contributed by atoms with Crippen molar-refractivity contribution in [3.8, 4) is 10.6 Å². The molecule has 0 spiro atoms. The Balaban J connectivity index is 1.51. The van der Waals surface area contributed by atoms with E-state index in [2.05, 4.69) is 20.8 Å². The van der Waals surface area contributed by atoms with Crippen molar-refractivity contribution < 1.29 is 9.59 Å². The van der Waals surface area contributed by atoms with E-state index in [9.17, 15) is 9.59 Å². The number of H-pyrrole nitrogens is 1. The van der Waals surface area contributed by atoms with E-state index in [0.717, 1.165) is 10.6 Å². The van der Waals surface area contributed by atoms with Crippen LogP contribution in [0.4, 0.5) is 11.5 Å². The highest BCUT2D eigenvalue weighted by molar-refractivity contribution is 7.13. The average Bonchev–Trinajstić information content (AvgIpc) is 3.43. The zero-order valence-corrected chi connectivity index (χ0v) is 15.6. The summed E-state index contributed by atoms with van der Waals surface area (Å²) in [6, 6.07) is 16.1. The van der Waals surface area contributed by atoms with Crippen LogP contribution in [-0.2, 0) is 0 Å². The molecule has 0 saturated heterocycles. The number of hydrogen-bond donors (Lipinski definition) is 3. The number of rotatable bonds is 5. The lowest BCUT2D eigenvalue weighted by molar-refractivity contribution is 0.102. The summed E-state index contributed by atoms with van der Waals surface area (Å²) in [6.45, 7) is 0. The van der Waals surface area contributed by atoms with Crippen LogP contribution in [0.15, 0.2) is 65.4 Å². The van der Waals surface area contributed by atoms with Crippen LogP contribution in [0.1, 0.15) is 20.0 Å². The lowest BCUT2D eigenvalue weighted by atomic mass is 10.1. The number of aromatic nitrogens is 2. The molecular formula is C19H14N4O2S2.